The second-order valence-corrected chi connectivity index (χ2v) is 6.85. The summed E-state index contributed by atoms with van der Waals surface area (Å²) < 4.78 is 27.6. The van der Waals surface area contributed by atoms with E-state index in [1.807, 2.05) is 25.9 Å². The Bertz CT molecular complexity index is 896. The van der Waals surface area contributed by atoms with E-state index < -0.39 is 5.82 Å². The van der Waals surface area contributed by atoms with E-state index in [4.69, 9.17) is 0 Å². The minimum Gasteiger partial charge on any atom is -0.379 e. The van der Waals surface area contributed by atoms with Gasteiger partial charge in [-0.3, -0.25) is 4.79 Å². The van der Waals surface area contributed by atoms with Gasteiger partial charge in [-0.2, -0.15) is 0 Å². The zero-order valence-corrected chi connectivity index (χ0v) is 15.4. The fraction of sp³-hybridized carbons (Fsp3) is 0.250. The highest BCUT2D eigenvalue weighted by atomic mass is 19.1. The van der Waals surface area contributed by atoms with Crippen LogP contribution >= 0.6 is 0 Å². The molecule has 5 nitrogen and oxygen atoms in total. The third-order valence-corrected chi connectivity index (χ3v) is 4.16. The van der Waals surface area contributed by atoms with Crippen LogP contribution in [0.4, 0.5) is 25.8 Å². The number of hydrogen-bond acceptors (Lipinski definition) is 4. The number of amides is 1. The molecule has 142 valence electrons. The molecule has 2 aromatic carbocycles. The van der Waals surface area contributed by atoms with E-state index in [0.717, 1.165) is 6.54 Å². The van der Waals surface area contributed by atoms with Gasteiger partial charge in [0, 0.05) is 30.0 Å². The standard InChI is InChI=1S/C20H22F2N4O/c1-12(11-26(2)3)24-18-7-5-14(9-17(18)22)23-10-16-15-6-4-13(21)8-19(15)25-20(16)27/h4-10,12,23-24H,11H2,1-3H3,(H,25,27). The van der Waals surface area contributed by atoms with Crippen LogP contribution in [-0.2, 0) is 4.79 Å². The number of benzene rings is 2. The Balaban J connectivity index is 1.73. The summed E-state index contributed by atoms with van der Waals surface area (Å²) in [5, 5.41) is 8.67. The van der Waals surface area contributed by atoms with Gasteiger partial charge in [0.1, 0.15) is 11.6 Å². The highest BCUT2D eigenvalue weighted by molar-refractivity contribution is 6.31. The Morgan fingerprint density at radius 1 is 1.19 bits per heavy atom. The molecule has 7 heteroatoms. The van der Waals surface area contributed by atoms with Gasteiger partial charge in [-0.25, -0.2) is 8.78 Å². The highest BCUT2D eigenvalue weighted by Gasteiger charge is 2.24. The van der Waals surface area contributed by atoms with Crippen molar-refractivity contribution in [2.45, 2.75) is 13.0 Å². The molecule has 0 aliphatic carbocycles. The molecule has 1 aliphatic heterocycles. The van der Waals surface area contributed by atoms with Crippen LogP contribution in [-0.4, -0.2) is 37.5 Å². The summed E-state index contributed by atoms with van der Waals surface area (Å²) >= 11 is 0. The average Bonchev–Trinajstić information content (AvgIpc) is 2.88. The Kier molecular flexibility index (Phi) is 5.41. The van der Waals surface area contributed by atoms with Gasteiger partial charge in [-0.05, 0) is 57.4 Å². The number of carbonyl (C=O) groups excluding carboxylic acids is 1. The average molecular weight is 372 g/mol. The maximum Gasteiger partial charge on any atom is 0.257 e. The molecular weight excluding hydrogens is 350 g/mol. The van der Waals surface area contributed by atoms with E-state index in [0.29, 0.717) is 28.2 Å². The lowest BCUT2D eigenvalue weighted by atomic mass is 10.1. The van der Waals surface area contributed by atoms with E-state index in [2.05, 4.69) is 16.0 Å². The molecule has 3 N–H and O–H groups in total. The summed E-state index contributed by atoms with van der Waals surface area (Å²) in [6.45, 7) is 2.76. The van der Waals surface area contributed by atoms with Crippen molar-refractivity contribution in [3.05, 3.63) is 59.8 Å². The molecule has 3 rings (SSSR count). The molecular formula is C20H22F2N4O. The van der Waals surface area contributed by atoms with Gasteiger partial charge in [0.05, 0.1) is 16.9 Å². The van der Waals surface area contributed by atoms with Crippen molar-refractivity contribution in [1.82, 2.24) is 4.90 Å². The first-order valence-electron chi connectivity index (χ1n) is 8.62. The number of rotatable bonds is 6. The predicted molar refractivity (Wildman–Crippen MR) is 105 cm³/mol. The van der Waals surface area contributed by atoms with Crippen molar-refractivity contribution in [2.75, 3.05) is 36.6 Å². The summed E-state index contributed by atoms with van der Waals surface area (Å²) in [6.07, 6.45) is 1.50. The van der Waals surface area contributed by atoms with Crippen LogP contribution in [0, 0.1) is 11.6 Å². The normalized spacial score (nSPS) is 15.6. The molecule has 0 aromatic heterocycles. The fourth-order valence-electron chi connectivity index (χ4n) is 3.05. The topological polar surface area (TPSA) is 56.4 Å². The van der Waals surface area contributed by atoms with Crippen molar-refractivity contribution in [2.24, 2.45) is 0 Å². The third-order valence-electron chi connectivity index (χ3n) is 4.16. The van der Waals surface area contributed by atoms with Gasteiger partial charge < -0.3 is 20.9 Å². The molecule has 27 heavy (non-hydrogen) atoms. The molecule has 1 unspecified atom stereocenters. The Morgan fingerprint density at radius 2 is 1.96 bits per heavy atom. The Hall–Kier alpha value is -2.93. The first-order valence-corrected chi connectivity index (χ1v) is 8.62. The van der Waals surface area contributed by atoms with E-state index in [-0.39, 0.29) is 17.8 Å². The molecule has 2 aromatic rings. The first kappa shape index (κ1) is 18.8. The van der Waals surface area contributed by atoms with Crippen LogP contribution in [0.1, 0.15) is 12.5 Å². The number of anilines is 3. The number of fused-ring (bicyclic) bond motifs is 1. The lowest BCUT2D eigenvalue weighted by Crippen LogP contribution is -2.29. The lowest BCUT2D eigenvalue weighted by Gasteiger charge is -2.20. The van der Waals surface area contributed by atoms with Crippen LogP contribution < -0.4 is 16.0 Å². The maximum atomic E-state index is 14.4. The maximum absolute atomic E-state index is 14.4. The van der Waals surface area contributed by atoms with Gasteiger partial charge in [-0.15, -0.1) is 0 Å². The van der Waals surface area contributed by atoms with Crippen molar-refractivity contribution in [1.29, 1.82) is 0 Å². The summed E-state index contributed by atoms with van der Waals surface area (Å²) in [5.74, 6) is -1.14. The van der Waals surface area contributed by atoms with Crippen LogP contribution in [0.25, 0.3) is 5.57 Å². The molecule has 0 saturated heterocycles. The third kappa shape index (κ3) is 4.43. The van der Waals surface area contributed by atoms with E-state index in [1.54, 1.807) is 12.1 Å². The second-order valence-electron chi connectivity index (χ2n) is 6.85. The highest BCUT2D eigenvalue weighted by Crippen LogP contribution is 2.32. The van der Waals surface area contributed by atoms with E-state index in [9.17, 15) is 13.6 Å². The number of halogens is 2. The number of likely N-dealkylation sites (N-methyl/N-ethyl adjacent to an activating group) is 1. The number of nitrogens with one attached hydrogen (secondary N) is 3. The summed E-state index contributed by atoms with van der Waals surface area (Å²) in [7, 11) is 3.92. The molecule has 1 amide bonds. The van der Waals surface area contributed by atoms with E-state index in [1.165, 1.54) is 30.5 Å². The number of nitrogens with zero attached hydrogens (tertiary/aromatic N) is 1. The monoisotopic (exact) mass is 372 g/mol. The van der Waals surface area contributed by atoms with Crippen molar-refractivity contribution >= 4 is 28.5 Å². The van der Waals surface area contributed by atoms with E-state index >= 15 is 0 Å². The number of hydrogen-bond donors (Lipinski definition) is 3. The van der Waals surface area contributed by atoms with Gasteiger partial charge in [0.2, 0.25) is 0 Å². The quantitative estimate of drug-likeness (QED) is 0.677. The van der Waals surface area contributed by atoms with Gasteiger partial charge >= 0.3 is 0 Å². The predicted octanol–water partition coefficient (Wildman–Crippen LogP) is 3.73. The fourth-order valence-corrected chi connectivity index (χ4v) is 3.05. The summed E-state index contributed by atoms with van der Waals surface area (Å²) in [4.78, 5) is 14.1. The lowest BCUT2D eigenvalue weighted by molar-refractivity contribution is -0.110. The Morgan fingerprint density at radius 3 is 2.67 bits per heavy atom. The minimum absolute atomic E-state index is 0.0921. The molecule has 1 heterocycles. The zero-order valence-electron chi connectivity index (χ0n) is 15.4. The van der Waals surface area contributed by atoms with Crippen LogP contribution in [0.15, 0.2) is 42.6 Å². The van der Waals surface area contributed by atoms with Gasteiger partial charge in [-0.1, -0.05) is 0 Å². The second kappa shape index (κ2) is 7.75. The molecule has 1 aliphatic rings. The molecule has 0 spiro atoms. The summed E-state index contributed by atoms with van der Waals surface area (Å²) in [5.41, 5.74) is 2.32. The van der Waals surface area contributed by atoms with Crippen LogP contribution in [0.2, 0.25) is 0 Å². The van der Waals surface area contributed by atoms with Crippen molar-refractivity contribution in [3.63, 3.8) is 0 Å². The molecule has 0 fully saturated rings. The largest absolute Gasteiger partial charge is 0.379 e. The summed E-state index contributed by atoms with van der Waals surface area (Å²) in [6, 6.07) is 8.93. The van der Waals surface area contributed by atoms with Crippen LogP contribution in [0.5, 0.6) is 0 Å². The van der Waals surface area contributed by atoms with Crippen LogP contribution in [0.3, 0.4) is 0 Å². The number of carbonyl (C=O) groups is 1. The van der Waals surface area contributed by atoms with Crippen molar-refractivity contribution < 1.29 is 13.6 Å². The minimum atomic E-state index is -0.420. The molecule has 0 saturated carbocycles. The molecule has 0 bridgehead atoms. The SMILES string of the molecule is CC(CN(C)C)Nc1ccc(NC=C2C(=O)Nc3cc(F)ccc32)cc1F. The molecule has 1 atom stereocenters. The van der Waals surface area contributed by atoms with Crippen molar-refractivity contribution in [3.8, 4) is 0 Å². The smallest absolute Gasteiger partial charge is 0.257 e. The van der Waals surface area contributed by atoms with Gasteiger partial charge in [0.25, 0.3) is 5.91 Å². The Labute approximate surface area is 157 Å². The van der Waals surface area contributed by atoms with Gasteiger partial charge in [0.15, 0.2) is 0 Å². The first-order chi connectivity index (χ1) is 12.8. The zero-order chi connectivity index (χ0) is 19.6. The molecule has 0 radical (unpaired) electrons.